The molecule has 2 aromatic carbocycles. The van der Waals surface area contributed by atoms with Crippen molar-refractivity contribution in [3.8, 4) is 0 Å². The molecule has 0 spiro atoms. The Hall–Kier alpha value is -3.45. The summed E-state index contributed by atoms with van der Waals surface area (Å²) in [5.74, 6) is 7.77. The Morgan fingerprint density at radius 2 is 1.73 bits per heavy atom. The number of nitrogens with two attached hydrogens (primary N) is 1. The predicted molar refractivity (Wildman–Crippen MR) is 134 cm³/mol. The molecule has 2 aromatic heterocycles. The van der Waals surface area contributed by atoms with Gasteiger partial charge in [0.25, 0.3) is 5.56 Å². The smallest absolute Gasteiger partial charge is 0.279 e. The van der Waals surface area contributed by atoms with Crippen LogP contribution < -0.4 is 16.3 Å². The second-order valence-electron chi connectivity index (χ2n) is 8.82. The Balaban J connectivity index is 1.13. The fourth-order valence-corrected chi connectivity index (χ4v) is 4.64. The maximum atomic E-state index is 12.6. The minimum Gasteiger partial charge on any atom is -0.354 e. The number of nitrogens with zero attached hydrogens (tertiary/aromatic N) is 5. The number of fused-ring (bicyclic) bond motifs is 2. The Labute approximate surface area is 193 Å². The predicted octanol–water partition coefficient (Wildman–Crippen LogP) is 3.11. The molecule has 7 nitrogen and oxygen atoms in total. The first-order valence-corrected chi connectivity index (χ1v) is 11.7. The van der Waals surface area contributed by atoms with Crippen molar-refractivity contribution >= 4 is 27.6 Å². The topological polar surface area (TPSA) is 80.3 Å². The zero-order valence-electron chi connectivity index (χ0n) is 19.1. The van der Waals surface area contributed by atoms with Gasteiger partial charge in [-0.25, -0.2) is 14.6 Å². The van der Waals surface area contributed by atoms with Crippen LogP contribution >= 0.6 is 0 Å². The molecule has 1 saturated heterocycles. The monoisotopic (exact) mass is 442 g/mol. The molecule has 0 unspecified atom stereocenters. The number of hydrogen-bond donors (Lipinski definition) is 1. The summed E-state index contributed by atoms with van der Waals surface area (Å²) in [4.78, 5) is 27.0. The SMILES string of the molecule is Cc1cccc2c(=O)n(N)c(CCCCN3CCN(c4ccc5ccccc5n4)CC3)nc12. The first kappa shape index (κ1) is 21.4. The Morgan fingerprint density at radius 3 is 2.58 bits per heavy atom. The first-order valence-electron chi connectivity index (χ1n) is 11.7. The van der Waals surface area contributed by atoms with E-state index in [0.29, 0.717) is 17.6 Å². The number of piperazine rings is 1. The van der Waals surface area contributed by atoms with Crippen LogP contribution in [0.3, 0.4) is 0 Å². The van der Waals surface area contributed by atoms with E-state index in [1.807, 2.05) is 31.2 Å². The van der Waals surface area contributed by atoms with Gasteiger partial charge in [0.2, 0.25) is 0 Å². The molecule has 1 aliphatic heterocycles. The highest BCUT2D eigenvalue weighted by Gasteiger charge is 2.18. The lowest BCUT2D eigenvalue weighted by molar-refractivity contribution is 0.252. The quantitative estimate of drug-likeness (QED) is 0.365. The van der Waals surface area contributed by atoms with Crippen LogP contribution in [-0.2, 0) is 6.42 Å². The van der Waals surface area contributed by atoms with E-state index in [1.54, 1.807) is 6.07 Å². The lowest BCUT2D eigenvalue weighted by atomic mass is 10.1. The van der Waals surface area contributed by atoms with E-state index in [1.165, 1.54) is 10.1 Å². The number of aromatic nitrogens is 3. The van der Waals surface area contributed by atoms with E-state index < -0.39 is 0 Å². The number of anilines is 1. The van der Waals surface area contributed by atoms with Crippen LogP contribution in [0.2, 0.25) is 0 Å². The Bertz CT molecular complexity index is 1340. The van der Waals surface area contributed by atoms with Gasteiger partial charge in [-0.05, 0) is 56.1 Å². The van der Waals surface area contributed by atoms with Crippen LogP contribution in [-0.4, -0.2) is 52.3 Å². The molecule has 0 bridgehead atoms. The molecule has 33 heavy (non-hydrogen) atoms. The van der Waals surface area contributed by atoms with Crippen LogP contribution in [0.5, 0.6) is 0 Å². The molecule has 2 N–H and O–H groups in total. The summed E-state index contributed by atoms with van der Waals surface area (Å²) in [6.07, 6.45) is 2.71. The molecule has 170 valence electrons. The average Bonchev–Trinajstić information content (AvgIpc) is 2.85. The molecule has 0 radical (unpaired) electrons. The third kappa shape index (κ3) is 4.41. The second kappa shape index (κ2) is 9.19. The Kier molecular flexibility index (Phi) is 5.96. The summed E-state index contributed by atoms with van der Waals surface area (Å²) in [6, 6.07) is 18.2. The minimum atomic E-state index is -0.169. The number of benzene rings is 2. The average molecular weight is 443 g/mol. The maximum Gasteiger partial charge on any atom is 0.279 e. The highest BCUT2D eigenvalue weighted by Crippen LogP contribution is 2.19. The highest BCUT2D eigenvalue weighted by atomic mass is 16.1. The number of nitrogen functional groups attached to an aromatic ring is 1. The molecule has 1 fully saturated rings. The number of hydrogen-bond acceptors (Lipinski definition) is 6. The van der Waals surface area contributed by atoms with Crippen molar-refractivity contribution in [2.75, 3.05) is 43.5 Å². The van der Waals surface area contributed by atoms with Crippen LogP contribution in [0.1, 0.15) is 24.2 Å². The lowest BCUT2D eigenvalue weighted by Gasteiger charge is -2.35. The van der Waals surface area contributed by atoms with E-state index in [9.17, 15) is 4.79 Å². The van der Waals surface area contributed by atoms with E-state index in [-0.39, 0.29) is 5.56 Å². The van der Waals surface area contributed by atoms with Gasteiger partial charge in [0.05, 0.1) is 16.4 Å². The third-order valence-electron chi connectivity index (χ3n) is 6.61. The van der Waals surface area contributed by atoms with Gasteiger partial charge in [0.1, 0.15) is 11.6 Å². The molecule has 0 atom stereocenters. The van der Waals surface area contributed by atoms with Crippen LogP contribution in [0, 0.1) is 6.92 Å². The van der Waals surface area contributed by atoms with Crippen molar-refractivity contribution in [2.45, 2.75) is 26.2 Å². The molecule has 1 aliphatic rings. The fraction of sp³-hybridized carbons (Fsp3) is 0.346. The Morgan fingerprint density at radius 1 is 0.909 bits per heavy atom. The van der Waals surface area contributed by atoms with Gasteiger partial charge in [-0.2, -0.15) is 0 Å². The number of aryl methyl sites for hydroxylation is 2. The zero-order valence-corrected chi connectivity index (χ0v) is 19.1. The van der Waals surface area contributed by atoms with Gasteiger partial charge >= 0.3 is 0 Å². The van der Waals surface area contributed by atoms with Gasteiger partial charge in [-0.15, -0.1) is 0 Å². The molecular weight excluding hydrogens is 412 g/mol. The zero-order chi connectivity index (χ0) is 22.8. The summed E-state index contributed by atoms with van der Waals surface area (Å²) >= 11 is 0. The van der Waals surface area contributed by atoms with Crippen LogP contribution in [0.15, 0.2) is 59.4 Å². The van der Waals surface area contributed by atoms with Crippen molar-refractivity contribution in [3.63, 3.8) is 0 Å². The first-order chi connectivity index (χ1) is 16.1. The van der Waals surface area contributed by atoms with Crippen molar-refractivity contribution < 1.29 is 0 Å². The van der Waals surface area contributed by atoms with E-state index in [2.05, 4.69) is 34.1 Å². The summed E-state index contributed by atoms with van der Waals surface area (Å²) in [5.41, 5.74) is 2.65. The normalized spacial score (nSPS) is 14.9. The van der Waals surface area contributed by atoms with Crippen molar-refractivity contribution in [1.82, 2.24) is 19.5 Å². The summed E-state index contributed by atoms with van der Waals surface area (Å²) in [5, 5.41) is 1.76. The summed E-state index contributed by atoms with van der Waals surface area (Å²) in [7, 11) is 0. The van der Waals surface area contributed by atoms with Crippen molar-refractivity contribution in [2.24, 2.45) is 0 Å². The van der Waals surface area contributed by atoms with Gasteiger partial charge < -0.3 is 10.7 Å². The number of unbranched alkanes of at least 4 members (excludes halogenated alkanes) is 1. The number of pyridine rings is 1. The van der Waals surface area contributed by atoms with Gasteiger partial charge in [-0.1, -0.05) is 30.3 Å². The van der Waals surface area contributed by atoms with E-state index >= 15 is 0 Å². The third-order valence-corrected chi connectivity index (χ3v) is 6.61. The molecule has 7 heteroatoms. The van der Waals surface area contributed by atoms with Crippen molar-refractivity contribution in [1.29, 1.82) is 0 Å². The fourth-order valence-electron chi connectivity index (χ4n) is 4.64. The summed E-state index contributed by atoms with van der Waals surface area (Å²) in [6.45, 7) is 7.05. The lowest BCUT2D eigenvalue weighted by Crippen LogP contribution is -2.46. The molecule has 5 rings (SSSR count). The summed E-state index contributed by atoms with van der Waals surface area (Å²) < 4.78 is 1.22. The second-order valence-corrected chi connectivity index (χ2v) is 8.82. The van der Waals surface area contributed by atoms with Crippen LogP contribution in [0.4, 0.5) is 5.82 Å². The molecule has 0 saturated carbocycles. The molecule has 4 aromatic rings. The molecular formula is C26H30N6O. The minimum absolute atomic E-state index is 0.169. The standard InChI is InChI=1S/C26H30N6O/c1-19-7-6-9-21-25(19)29-24(32(27)26(21)33)11-4-5-14-30-15-17-31(18-16-30)23-13-12-20-8-2-3-10-22(20)28-23/h2-3,6-10,12-13H,4-5,11,14-18,27H2,1H3. The van der Waals surface area contributed by atoms with E-state index in [4.69, 9.17) is 15.8 Å². The molecule has 3 heterocycles. The number of para-hydroxylation sites is 2. The highest BCUT2D eigenvalue weighted by molar-refractivity contribution is 5.81. The van der Waals surface area contributed by atoms with E-state index in [0.717, 1.165) is 68.0 Å². The van der Waals surface area contributed by atoms with Gasteiger partial charge in [0.15, 0.2) is 0 Å². The van der Waals surface area contributed by atoms with Crippen molar-refractivity contribution in [3.05, 3.63) is 76.3 Å². The maximum absolute atomic E-state index is 12.6. The van der Waals surface area contributed by atoms with Gasteiger partial charge in [-0.3, -0.25) is 9.69 Å². The van der Waals surface area contributed by atoms with Gasteiger partial charge in [0, 0.05) is 38.0 Å². The number of rotatable bonds is 6. The molecule has 0 aliphatic carbocycles. The largest absolute Gasteiger partial charge is 0.354 e. The van der Waals surface area contributed by atoms with Crippen LogP contribution in [0.25, 0.3) is 21.8 Å². The molecule has 0 amide bonds.